The van der Waals surface area contributed by atoms with Crippen LogP contribution in [0.3, 0.4) is 0 Å². The number of aliphatic hydroxyl groups excluding tert-OH is 10. The highest BCUT2D eigenvalue weighted by atomic mass is 16.7. The van der Waals surface area contributed by atoms with Gasteiger partial charge >= 0.3 is 5.97 Å². The van der Waals surface area contributed by atoms with Crippen molar-refractivity contribution in [2.45, 2.75) is 156 Å². The third-order valence-electron chi connectivity index (χ3n) is 10.7. The molecule has 0 aromatic carbocycles. The van der Waals surface area contributed by atoms with Crippen LogP contribution in [0.4, 0.5) is 0 Å². The van der Waals surface area contributed by atoms with Crippen LogP contribution in [-0.2, 0) is 19.0 Å². The molecular weight excluding hydrogens is 704 g/mol. The molecule has 1 heterocycles. The zero-order chi connectivity index (χ0) is 41.6. The zero-order valence-corrected chi connectivity index (χ0v) is 33.9. The maximum Gasteiger partial charge on any atom is 0.333 e. The van der Waals surface area contributed by atoms with E-state index < -0.39 is 105 Å². The summed E-state index contributed by atoms with van der Waals surface area (Å²) in [4.78, 5) is 12.5. The van der Waals surface area contributed by atoms with Crippen LogP contribution in [0, 0.1) is 35.5 Å². The summed E-state index contributed by atoms with van der Waals surface area (Å²) in [5.41, 5.74) is 1.33. The van der Waals surface area contributed by atoms with Crippen molar-refractivity contribution in [1.29, 1.82) is 0 Å². The number of hydrogen-bond acceptors (Lipinski definition) is 14. The summed E-state index contributed by atoms with van der Waals surface area (Å²) in [5.74, 6) is -1.23. The summed E-state index contributed by atoms with van der Waals surface area (Å²) in [6, 6.07) is 0. The molecule has 0 aromatic rings. The molecular formula is C40H72O14. The molecule has 1 aliphatic heterocycles. The second kappa shape index (κ2) is 24.1. The SMILES string of the molecule is CC[C@H](C)C[C@H](C)C[C@@H](C)[C@@H](O[C@@H]1O[C@H](CO)[C@@H](O)[C@H](O)[C@@H]1O)[C@H](C)/C=C(\C)[C@@H](O)[C@@H](C)/C=C(\C)[C@@H](O)[C@@H](C)/C=C(\C)C(=O)OC[C@@H](O)[C@H](O)[C@H](O)CO. The fourth-order valence-electron chi connectivity index (χ4n) is 7.16. The Hall–Kier alpha value is -1.79. The highest BCUT2D eigenvalue weighted by molar-refractivity contribution is 5.87. The van der Waals surface area contributed by atoms with Gasteiger partial charge in [-0.2, -0.15) is 0 Å². The van der Waals surface area contributed by atoms with Gasteiger partial charge in [0.05, 0.1) is 31.5 Å². The summed E-state index contributed by atoms with van der Waals surface area (Å²) < 4.78 is 17.1. The molecule has 1 fully saturated rings. The molecule has 0 unspecified atom stereocenters. The second-order valence-electron chi connectivity index (χ2n) is 15.9. The molecule has 17 atom stereocenters. The minimum atomic E-state index is -1.71. The quantitative estimate of drug-likeness (QED) is 0.0400. The van der Waals surface area contributed by atoms with E-state index in [0.717, 1.165) is 19.3 Å². The van der Waals surface area contributed by atoms with Crippen LogP contribution in [0.2, 0.25) is 0 Å². The number of carbonyl (C=O) groups is 1. The molecule has 1 aliphatic rings. The van der Waals surface area contributed by atoms with Crippen molar-refractivity contribution in [3.8, 4) is 0 Å². The van der Waals surface area contributed by atoms with Crippen molar-refractivity contribution in [3.05, 3.63) is 34.9 Å². The number of rotatable bonds is 23. The summed E-state index contributed by atoms with van der Waals surface area (Å²) in [6.07, 6.45) is -6.45. The molecule has 0 radical (unpaired) electrons. The Balaban J connectivity index is 3.13. The number of hydrogen-bond donors (Lipinski definition) is 10. The van der Waals surface area contributed by atoms with Crippen LogP contribution in [0.15, 0.2) is 34.9 Å². The molecule has 0 bridgehead atoms. The molecule has 14 nitrogen and oxygen atoms in total. The smallest absolute Gasteiger partial charge is 0.333 e. The normalized spacial score (nSPS) is 28.5. The first-order chi connectivity index (χ1) is 25.1. The third kappa shape index (κ3) is 15.3. The van der Waals surface area contributed by atoms with Gasteiger partial charge in [0.25, 0.3) is 0 Å². The lowest BCUT2D eigenvalue weighted by Gasteiger charge is -2.42. The van der Waals surface area contributed by atoms with E-state index in [0.29, 0.717) is 23.0 Å². The van der Waals surface area contributed by atoms with E-state index >= 15 is 0 Å². The maximum atomic E-state index is 12.5. The van der Waals surface area contributed by atoms with Crippen molar-refractivity contribution in [1.82, 2.24) is 0 Å². The molecule has 14 heteroatoms. The van der Waals surface area contributed by atoms with E-state index in [2.05, 4.69) is 20.8 Å². The highest BCUT2D eigenvalue weighted by Gasteiger charge is 2.45. The van der Waals surface area contributed by atoms with Crippen molar-refractivity contribution in [2.24, 2.45) is 35.5 Å². The average Bonchev–Trinajstić information content (AvgIpc) is 3.13. The first-order valence-corrected chi connectivity index (χ1v) is 19.3. The van der Waals surface area contributed by atoms with Crippen molar-refractivity contribution >= 4 is 5.97 Å². The number of esters is 1. The molecule has 1 rings (SSSR count). The molecule has 0 spiro atoms. The second-order valence-corrected chi connectivity index (χ2v) is 15.9. The Morgan fingerprint density at radius 2 is 1.26 bits per heavy atom. The Morgan fingerprint density at radius 3 is 1.78 bits per heavy atom. The van der Waals surface area contributed by atoms with E-state index in [-0.39, 0.29) is 17.4 Å². The van der Waals surface area contributed by atoms with Gasteiger partial charge < -0.3 is 65.3 Å². The average molecular weight is 777 g/mol. The van der Waals surface area contributed by atoms with E-state index in [1.165, 1.54) is 13.0 Å². The van der Waals surface area contributed by atoms with Gasteiger partial charge in [0.15, 0.2) is 6.29 Å². The first kappa shape index (κ1) is 50.2. The lowest BCUT2D eigenvalue weighted by molar-refractivity contribution is -0.317. The number of aliphatic hydroxyl groups is 10. The van der Waals surface area contributed by atoms with Crippen molar-refractivity contribution in [3.63, 3.8) is 0 Å². The minimum absolute atomic E-state index is 0.0477. The van der Waals surface area contributed by atoms with Crippen LogP contribution < -0.4 is 0 Å². The van der Waals surface area contributed by atoms with Crippen LogP contribution in [0.1, 0.15) is 88.5 Å². The van der Waals surface area contributed by atoms with Gasteiger partial charge in [0.1, 0.15) is 49.3 Å². The van der Waals surface area contributed by atoms with Crippen LogP contribution in [0.5, 0.6) is 0 Å². The molecule has 0 aliphatic carbocycles. The van der Waals surface area contributed by atoms with Gasteiger partial charge in [-0.15, -0.1) is 0 Å². The summed E-state index contributed by atoms with van der Waals surface area (Å²) in [6.45, 7) is 17.0. The number of ether oxygens (including phenoxy) is 3. The van der Waals surface area contributed by atoms with E-state index in [1.54, 1.807) is 33.8 Å². The Labute approximate surface area is 321 Å². The highest BCUT2D eigenvalue weighted by Crippen LogP contribution is 2.33. The minimum Gasteiger partial charge on any atom is -0.459 e. The predicted molar refractivity (Wildman–Crippen MR) is 202 cm³/mol. The molecule has 10 N–H and O–H groups in total. The topological polar surface area (TPSA) is 247 Å². The van der Waals surface area contributed by atoms with Crippen molar-refractivity contribution < 1.29 is 70.1 Å². The summed E-state index contributed by atoms with van der Waals surface area (Å²) in [7, 11) is 0. The van der Waals surface area contributed by atoms with Crippen LogP contribution in [0.25, 0.3) is 0 Å². The van der Waals surface area contributed by atoms with Gasteiger partial charge in [-0.05, 0) is 62.5 Å². The summed E-state index contributed by atoms with van der Waals surface area (Å²) in [5, 5.41) is 102. The monoisotopic (exact) mass is 776 g/mol. The van der Waals surface area contributed by atoms with E-state index in [9.17, 15) is 50.8 Å². The van der Waals surface area contributed by atoms with E-state index in [4.69, 9.17) is 19.3 Å². The van der Waals surface area contributed by atoms with E-state index in [1.807, 2.05) is 19.9 Å². The zero-order valence-electron chi connectivity index (χ0n) is 33.9. The molecule has 316 valence electrons. The van der Waals surface area contributed by atoms with Crippen LogP contribution >= 0.6 is 0 Å². The molecule has 54 heavy (non-hydrogen) atoms. The standard InChI is InChI=1S/C40H72O14/c1-11-20(2)12-21(3)13-26(8)38(54-40-37(50)36(49)35(48)31(18-42)53-40)27(9)15-24(6)32(45)22(4)14-23(5)33(46)25(7)16-28(10)39(51)52-19-30(44)34(47)29(43)17-41/h14-16,20-22,25-27,29-38,40-50H,11-13,17-19H2,1-10H3/b23-14+,24-15+,28-16+/t20-,21-,22-,25-,26+,27+,29+,30+,31+,32-,33+,34+,35+,36-,37-,38+,40-/m0/s1. The van der Waals surface area contributed by atoms with Gasteiger partial charge in [-0.1, -0.05) is 73.1 Å². The van der Waals surface area contributed by atoms with Crippen molar-refractivity contribution in [2.75, 3.05) is 19.8 Å². The Kier molecular flexibility index (Phi) is 22.4. The van der Waals surface area contributed by atoms with Crippen LogP contribution in [-0.4, -0.2) is 144 Å². The van der Waals surface area contributed by atoms with Gasteiger partial charge in [-0.3, -0.25) is 0 Å². The lowest BCUT2D eigenvalue weighted by Crippen LogP contribution is -2.60. The Morgan fingerprint density at radius 1 is 0.722 bits per heavy atom. The fraction of sp³-hybridized carbons (Fsp3) is 0.825. The molecule has 0 amide bonds. The lowest BCUT2D eigenvalue weighted by atomic mass is 9.82. The summed E-state index contributed by atoms with van der Waals surface area (Å²) >= 11 is 0. The maximum absolute atomic E-state index is 12.5. The fourth-order valence-corrected chi connectivity index (χ4v) is 7.16. The third-order valence-corrected chi connectivity index (χ3v) is 10.7. The van der Waals surface area contributed by atoms with Gasteiger partial charge in [0.2, 0.25) is 0 Å². The first-order valence-electron chi connectivity index (χ1n) is 19.3. The molecule has 1 saturated heterocycles. The Bertz CT molecular complexity index is 1190. The molecule has 0 aromatic heterocycles. The number of carbonyl (C=O) groups excluding carboxylic acids is 1. The molecule has 0 saturated carbocycles. The van der Waals surface area contributed by atoms with Gasteiger partial charge in [0, 0.05) is 23.3 Å². The largest absolute Gasteiger partial charge is 0.459 e. The predicted octanol–water partition coefficient (Wildman–Crippen LogP) is 1.36. The van der Waals surface area contributed by atoms with Gasteiger partial charge in [-0.25, -0.2) is 4.79 Å².